The van der Waals surface area contributed by atoms with Crippen molar-refractivity contribution in [2.45, 2.75) is 58.0 Å². The molecule has 0 radical (unpaired) electrons. The Morgan fingerprint density at radius 2 is 1.89 bits per heavy atom. The summed E-state index contributed by atoms with van der Waals surface area (Å²) < 4.78 is 6.68. The van der Waals surface area contributed by atoms with Crippen LogP contribution in [-0.4, -0.2) is 62.9 Å². The van der Waals surface area contributed by atoms with E-state index in [1.54, 1.807) is 18.2 Å². The number of benzene rings is 2. The zero-order valence-corrected chi connectivity index (χ0v) is 26.1. The van der Waals surface area contributed by atoms with E-state index in [9.17, 15) is 19.2 Å². The number of hydrogen-bond donors (Lipinski definition) is 5. The molecule has 14 nitrogen and oxygen atoms in total. The molecule has 0 saturated carbocycles. The molecule has 2 aromatic carbocycles. The molecular weight excluding hydrogens is 602 g/mol. The minimum atomic E-state index is -0.509. The summed E-state index contributed by atoms with van der Waals surface area (Å²) >= 11 is 0. The summed E-state index contributed by atoms with van der Waals surface area (Å²) in [5.74, 6) is -0.630. The van der Waals surface area contributed by atoms with Crippen LogP contribution >= 0.6 is 0 Å². The second-order valence-electron chi connectivity index (χ2n) is 11.7. The maximum Gasteiger partial charge on any atom is 0.270 e. The number of carbonyl (C=O) groups is 4. The average molecular weight is 640 g/mol. The second kappa shape index (κ2) is 14.0. The molecule has 1 aliphatic heterocycles. The van der Waals surface area contributed by atoms with Gasteiger partial charge in [0, 0.05) is 24.7 Å². The van der Waals surface area contributed by atoms with Crippen LogP contribution in [0.25, 0.3) is 5.78 Å². The van der Waals surface area contributed by atoms with Gasteiger partial charge in [0.15, 0.2) is 6.61 Å². The van der Waals surface area contributed by atoms with Crippen molar-refractivity contribution in [3.05, 3.63) is 81.9 Å². The Morgan fingerprint density at radius 3 is 2.74 bits per heavy atom. The smallest absolute Gasteiger partial charge is 0.270 e. The highest BCUT2D eigenvalue weighted by Gasteiger charge is 2.29. The number of nitrogens with zero attached hydrogens (tertiary/aromatic N) is 4. The van der Waals surface area contributed by atoms with Gasteiger partial charge in [0.2, 0.25) is 0 Å². The van der Waals surface area contributed by atoms with Crippen molar-refractivity contribution < 1.29 is 23.9 Å². The third kappa shape index (κ3) is 6.92. The average Bonchev–Trinajstić information content (AvgIpc) is 3.72. The van der Waals surface area contributed by atoms with Crippen molar-refractivity contribution in [3.8, 4) is 5.75 Å². The van der Waals surface area contributed by atoms with Crippen LogP contribution in [0.5, 0.6) is 5.75 Å². The van der Waals surface area contributed by atoms with Crippen molar-refractivity contribution in [1.82, 2.24) is 35.5 Å². The summed E-state index contributed by atoms with van der Waals surface area (Å²) in [6, 6.07) is 10.1. The third-order valence-corrected chi connectivity index (χ3v) is 8.51. The van der Waals surface area contributed by atoms with Gasteiger partial charge in [-0.3, -0.25) is 19.2 Å². The van der Waals surface area contributed by atoms with Gasteiger partial charge in [0.05, 0.1) is 11.7 Å². The predicted octanol–water partition coefficient (Wildman–Crippen LogP) is 2.36. The van der Waals surface area contributed by atoms with Gasteiger partial charge in [-0.15, -0.1) is 0 Å². The number of amides is 4. The van der Waals surface area contributed by atoms with Crippen LogP contribution in [0.2, 0.25) is 0 Å². The highest BCUT2D eigenvalue weighted by Crippen LogP contribution is 2.35. The van der Waals surface area contributed by atoms with E-state index in [1.807, 2.05) is 19.1 Å². The summed E-state index contributed by atoms with van der Waals surface area (Å²) in [5.41, 5.74) is 10.5. The maximum absolute atomic E-state index is 13.6. The van der Waals surface area contributed by atoms with Crippen molar-refractivity contribution in [3.63, 3.8) is 0 Å². The number of carbonyl (C=O) groups excluding carboxylic acids is 4. The SMILES string of the molecule is Cc1c(C(=O)NCCCCCCN)ccc2c1CC[C@@H]2NC(=O)c1cc(C(=O)NCc2ccc3c(c2)NC(=O)CO3)nc2ncnn12. The van der Waals surface area contributed by atoms with Crippen LogP contribution in [0.15, 0.2) is 42.7 Å². The number of nitrogens with two attached hydrogens (primary N) is 1. The highest BCUT2D eigenvalue weighted by atomic mass is 16.5. The number of unbranched alkanes of at least 4 members (excludes halogenated alkanes) is 3. The van der Waals surface area contributed by atoms with Crippen LogP contribution in [0.4, 0.5) is 5.69 Å². The molecule has 14 heteroatoms. The van der Waals surface area contributed by atoms with Gasteiger partial charge in [-0.2, -0.15) is 14.6 Å². The molecule has 3 heterocycles. The lowest BCUT2D eigenvalue weighted by molar-refractivity contribution is -0.118. The Kier molecular flexibility index (Phi) is 9.38. The first kappa shape index (κ1) is 31.6. The molecule has 244 valence electrons. The topological polar surface area (TPSA) is 195 Å². The van der Waals surface area contributed by atoms with E-state index >= 15 is 0 Å². The molecule has 4 aromatic rings. The standard InChI is InChI=1S/C33H37N9O5/c1-19-21-9-10-24(23(21)8-7-22(19)30(44)35-13-5-3-2-4-12-34)40-32(46)27-15-26(41-33-37-18-38-42(27)33)31(45)36-16-20-6-11-28-25(14-20)39-29(43)17-47-28/h6-8,11,14-15,18,24H,2-5,9-10,12-13,16-17,34H2,1H3,(H,35,44)(H,36,45)(H,39,43)(H,40,46)/t24-/m0/s1. The summed E-state index contributed by atoms with van der Waals surface area (Å²) in [5, 5.41) is 15.8. The Labute approximate surface area is 270 Å². The first-order valence-electron chi connectivity index (χ1n) is 15.8. The highest BCUT2D eigenvalue weighted by molar-refractivity contribution is 5.99. The number of anilines is 1. The van der Waals surface area contributed by atoms with E-state index in [2.05, 4.69) is 36.3 Å². The van der Waals surface area contributed by atoms with Crippen molar-refractivity contribution >= 4 is 35.1 Å². The summed E-state index contributed by atoms with van der Waals surface area (Å²) in [7, 11) is 0. The molecule has 1 aliphatic carbocycles. The van der Waals surface area contributed by atoms with Crippen LogP contribution in [0, 0.1) is 6.92 Å². The Balaban J connectivity index is 1.12. The molecule has 2 aliphatic rings. The first-order chi connectivity index (χ1) is 22.8. The Hall–Kier alpha value is -5.37. The predicted molar refractivity (Wildman–Crippen MR) is 172 cm³/mol. The molecule has 4 amide bonds. The maximum atomic E-state index is 13.6. The van der Waals surface area contributed by atoms with E-state index in [0.29, 0.717) is 42.9 Å². The first-order valence-corrected chi connectivity index (χ1v) is 15.8. The fourth-order valence-corrected chi connectivity index (χ4v) is 6.03. The largest absolute Gasteiger partial charge is 0.482 e. The third-order valence-electron chi connectivity index (χ3n) is 8.51. The van der Waals surface area contributed by atoms with Gasteiger partial charge < -0.3 is 31.7 Å². The lowest BCUT2D eigenvalue weighted by atomic mass is 9.97. The van der Waals surface area contributed by atoms with E-state index in [-0.39, 0.29) is 48.2 Å². The second-order valence-corrected chi connectivity index (χ2v) is 11.7. The molecule has 1 atom stereocenters. The van der Waals surface area contributed by atoms with Crippen LogP contribution in [-0.2, 0) is 17.8 Å². The normalized spacial score (nSPS) is 14.9. The molecule has 6 rings (SSSR count). The van der Waals surface area contributed by atoms with Crippen LogP contribution in [0.3, 0.4) is 0 Å². The van der Waals surface area contributed by atoms with Gasteiger partial charge in [-0.05, 0) is 79.6 Å². The van der Waals surface area contributed by atoms with Crippen molar-refractivity contribution in [2.24, 2.45) is 5.73 Å². The van der Waals surface area contributed by atoms with Crippen LogP contribution in [0.1, 0.15) is 91.7 Å². The van der Waals surface area contributed by atoms with Crippen molar-refractivity contribution in [2.75, 3.05) is 25.0 Å². The van der Waals surface area contributed by atoms with Gasteiger partial charge >= 0.3 is 0 Å². The molecule has 0 unspecified atom stereocenters. The van der Waals surface area contributed by atoms with Gasteiger partial charge in [0.1, 0.15) is 23.5 Å². The summed E-state index contributed by atoms with van der Waals surface area (Å²) in [6.07, 6.45) is 6.64. The lowest BCUT2D eigenvalue weighted by Crippen LogP contribution is -2.31. The zero-order valence-electron chi connectivity index (χ0n) is 26.1. The number of aromatic nitrogens is 4. The zero-order chi connectivity index (χ0) is 32.9. The summed E-state index contributed by atoms with van der Waals surface area (Å²) in [6.45, 7) is 3.35. The molecule has 0 bridgehead atoms. The van der Waals surface area contributed by atoms with E-state index in [1.165, 1.54) is 16.9 Å². The van der Waals surface area contributed by atoms with Crippen LogP contribution < -0.4 is 31.7 Å². The molecule has 47 heavy (non-hydrogen) atoms. The number of ether oxygens (including phenoxy) is 1. The number of fused-ring (bicyclic) bond motifs is 3. The Bertz CT molecular complexity index is 1850. The summed E-state index contributed by atoms with van der Waals surface area (Å²) in [4.78, 5) is 59.8. The van der Waals surface area contributed by atoms with Crippen molar-refractivity contribution in [1.29, 1.82) is 0 Å². The molecule has 2 aromatic heterocycles. The fraction of sp³-hybridized carbons (Fsp3) is 0.364. The lowest BCUT2D eigenvalue weighted by Gasteiger charge is -2.18. The van der Waals surface area contributed by atoms with E-state index in [0.717, 1.165) is 47.9 Å². The van der Waals surface area contributed by atoms with Gasteiger partial charge in [-0.25, -0.2) is 4.98 Å². The molecule has 6 N–H and O–H groups in total. The molecule has 0 fully saturated rings. The van der Waals surface area contributed by atoms with Gasteiger partial charge in [0.25, 0.3) is 29.4 Å². The molecule has 0 saturated heterocycles. The number of rotatable bonds is 12. The quantitative estimate of drug-likeness (QED) is 0.145. The fourth-order valence-electron chi connectivity index (χ4n) is 6.03. The van der Waals surface area contributed by atoms with E-state index in [4.69, 9.17) is 10.5 Å². The minimum Gasteiger partial charge on any atom is -0.482 e. The number of nitrogens with one attached hydrogen (secondary N) is 4. The molecule has 0 spiro atoms. The van der Waals surface area contributed by atoms with Gasteiger partial charge in [-0.1, -0.05) is 25.0 Å². The monoisotopic (exact) mass is 639 g/mol. The Morgan fingerprint density at radius 1 is 1.04 bits per heavy atom. The number of hydrogen-bond acceptors (Lipinski definition) is 9. The van der Waals surface area contributed by atoms with E-state index < -0.39 is 11.8 Å². The minimum absolute atomic E-state index is 0.00273. The molecular formula is C33H37N9O5.